The van der Waals surface area contributed by atoms with Gasteiger partial charge in [-0.1, -0.05) is 66.1 Å². The molecular formula is C28H24N2O4S3. The minimum absolute atomic E-state index is 0.00786. The van der Waals surface area contributed by atoms with Gasteiger partial charge in [-0.05, 0) is 54.5 Å². The molecule has 1 saturated heterocycles. The van der Waals surface area contributed by atoms with Crippen LogP contribution in [0.3, 0.4) is 0 Å². The van der Waals surface area contributed by atoms with Gasteiger partial charge in [0.15, 0.2) is 11.5 Å². The maximum absolute atomic E-state index is 13.4. The molecule has 0 aliphatic carbocycles. The molecule has 0 saturated carbocycles. The average Bonchev–Trinajstić information content (AvgIpc) is 3.18. The molecule has 0 spiro atoms. The topological polar surface area (TPSA) is 59.1 Å². The van der Waals surface area contributed by atoms with Gasteiger partial charge < -0.3 is 9.47 Å². The number of hydrogen-bond donors (Lipinski definition) is 0. The summed E-state index contributed by atoms with van der Waals surface area (Å²) in [5, 5.41) is 0. The first-order valence-corrected chi connectivity index (χ1v) is 13.7. The quantitative estimate of drug-likeness (QED) is 0.246. The standard InChI is InChI=1S/C28H24N2O4S3/c1-33-21-14-13-18(16-22(21)34-2)17-25-27(32)29(28(35)37-25)15-7-12-26(31)30-19-8-3-5-10-23(19)36-24-11-6-4-9-20(24)30/h3-6,8-11,13-14,16-17H,7,12,15H2,1-2H3. The fourth-order valence-electron chi connectivity index (χ4n) is 4.26. The molecule has 0 bridgehead atoms. The Kier molecular flexibility index (Phi) is 7.55. The molecule has 3 aromatic carbocycles. The van der Waals surface area contributed by atoms with Gasteiger partial charge in [0, 0.05) is 22.8 Å². The first-order valence-electron chi connectivity index (χ1n) is 11.7. The molecule has 0 N–H and O–H groups in total. The summed E-state index contributed by atoms with van der Waals surface area (Å²) >= 11 is 8.42. The summed E-state index contributed by atoms with van der Waals surface area (Å²) in [5.74, 6) is 1.05. The number of para-hydroxylation sites is 2. The number of thioether (sulfide) groups is 1. The lowest BCUT2D eigenvalue weighted by Gasteiger charge is -2.31. The van der Waals surface area contributed by atoms with Crippen molar-refractivity contribution >= 4 is 69.3 Å². The molecule has 2 aliphatic rings. The van der Waals surface area contributed by atoms with Crippen LogP contribution in [0, 0.1) is 0 Å². The van der Waals surface area contributed by atoms with Crippen LogP contribution in [0.5, 0.6) is 11.5 Å². The van der Waals surface area contributed by atoms with Crippen LogP contribution in [0.25, 0.3) is 6.08 Å². The van der Waals surface area contributed by atoms with Gasteiger partial charge in [0.25, 0.3) is 5.91 Å². The summed E-state index contributed by atoms with van der Waals surface area (Å²) in [6.45, 7) is 0.381. The van der Waals surface area contributed by atoms with Crippen molar-refractivity contribution in [2.24, 2.45) is 0 Å². The van der Waals surface area contributed by atoms with Crippen molar-refractivity contribution in [3.8, 4) is 11.5 Å². The van der Waals surface area contributed by atoms with E-state index < -0.39 is 0 Å². The highest BCUT2D eigenvalue weighted by Gasteiger charge is 2.32. The van der Waals surface area contributed by atoms with Gasteiger partial charge in [0.1, 0.15) is 4.32 Å². The van der Waals surface area contributed by atoms with Crippen LogP contribution >= 0.6 is 35.7 Å². The van der Waals surface area contributed by atoms with E-state index in [2.05, 4.69) is 0 Å². The summed E-state index contributed by atoms with van der Waals surface area (Å²) in [6.07, 6.45) is 2.59. The number of fused-ring (bicyclic) bond motifs is 2. The molecule has 5 rings (SSSR count). The molecule has 0 radical (unpaired) electrons. The molecule has 37 heavy (non-hydrogen) atoms. The number of rotatable bonds is 7. The minimum Gasteiger partial charge on any atom is -0.493 e. The van der Waals surface area contributed by atoms with Crippen LogP contribution < -0.4 is 14.4 Å². The lowest BCUT2D eigenvalue weighted by Crippen LogP contribution is -2.32. The number of amides is 2. The first-order chi connectivity index (χ1) is 18.0. The lowest BCUT2D eigenvalue weighted by atomic mass is 10.1. The maximum atomic E-state index is 13.4. The van der Waals surface area contributed by atoms with Crippen molar-refractivity contribution in [2.75, 3.05) is 25.7 Å². The van der Waals surface area contributed by atoms with Gasteiger partial charge in [-0.25, -0.2) is 0 Å². The molecule has 2 heterocycles. The Balaban J connectivity index is 1.27. The molecule has 0 aromatic heterocycles. The largest absolute Gasteiger partial charge is 0.493 e. The zero-order chi connectivity index (χ0) is 25.9. The monoisotopic (exact) mass is 548 g/mol. The molecule has 188 valence electrons. The Hall–Kier alpha value is -3.27. The summed E-state index contributed by atoms with van der Waals surface area (Å²) in [6, 6.07) is 21.3. The van der Waals surface area contributed by atoms with Gasteiger partial charge in [0.05, 0.1) is 30.5 Å². The molecular weight excluding hydrogens is 525 g/mol. The third-order valence-corrected chi connectivity index (χ3v) is 8.54. The van der Waals surface area contributed by atoms with Gasteiger partial charge in [0.2, 0.25) is 5.91 Å². The Labute approximate surface area is 229 Å². The van der Waals surface area contributed by atoms with Crippen LogP contribution in [-0.2, 0) is 9.59 Å². The molecule has 2 amide bonds. The Morgan fingerprint density at radius 3 is 2.22 bits per heavy atom. The number of methoxy groups -OCH3 is 2. The van der Waals surface area contributed by atoms with Crippen LogP contribution in [0.15, 0.2) is 81.4 Å². The molecule has 6 nitrogen and oxygen atoms in total. The van der Waals surface area contributed by atoms with Crippen molar-refractivity contribution in [1.82, 2.24) is 4.90 Å². The van der Waals surface area contributed by atoms with Gasteiger partial charge in [-0.2, -0.15) is 0 Å². The van der Waals surface area contributed by atoms with E-state index in [1.807, 2.05) is 60.7 Å². The van der Waals surface area contributed by atoms with Crippen molar-refractivity contribution in [3.63, 3.8) is 0 Å². The second kappa shape index (κ2) is 11.0. The summed E-state index contributed by atoms with van der Waals surface area (Å²) in [5.41, 5.74) is 2.59. The number of anilines is 2. The number of carbonyl (C=O) groups is 2. The summed E-state index contributed by atoms with van der Waals surface area (Å²) in [7, 11) is 3.15. The number of ether oxygens (including phenoxy) is 2. The third-order valence-electron chi connectivity index (χ3n) is 6.03. The SMILES string of the molecule is COc1ccc(C=C2SC(=S)N(CCCC(=O)N3c4ccccc4Sc4ccccc43)C2=O)cc1OC. The first kappa shape index (κ1) is 25.4. The molecule has 1 fully saturated rings. The molecule has 0 atom stereocenters. The highest BCUT2D eigenvalue weighted by Crippen LogP contribution is 2.48. The van der Waals surface area contributed by atoms with Crippen LogP contribution in [0.4, 0.5) is 11.4 Å². The predicted octanol–water partition coefficient (Wildman–Crippen LogP) is 6.51. The number of carbonyl (C=O) groups excluding carboxylic acids is 2. The fourth-order valence-corrected chi connectivity index (χ4v) is 6.63. The number of hydrogen-bond acceptors (Lipinski definition) is 7. The van der Waals surface area contributed by atoms with Gasteiger partial charge in [-0.3, -0.25) is 19.4 Å². The molecule has 3 aromatic rings. The van der Waals surface area contributed by atoms with E-state index in [9.17, 15) is 9.59 Å². The third kappa shape index (κ3) is 5.12. The minimum atomic E-state index is -0.151. The maximum Gasteiger partial charge on any atom is 0.266 e. The second-order valence-corrected chi connectivity index (χ2v) is 11.1. The molecule has 9 heteroatoms. The van der Waals surface area contributed by atoms with Crippen LogP contribution in [0.2, 0.25) is 0 Å². The van der Waals surface area contributed by atoms with Gasteiger partial charge in [-0.15, -0.1) is 0 Å². The molecule has 2 aliphatic heterocycles. The smallest absolute Gasteiger partial charge is 0.266 e. The number of nitrogens with zero attached hydrogens (tertiary/aromatic N) is 2. The molecule has 0 unspecified atom stereocenters. The van der Waals surface area contributed by atoms with Gasteiger partial charge >= 0.3 is 0 Å². The number of benzene rings is 3. The van der Waals surface area contributed by atoms with E-state index in [1.54, 1.807) is 47.9 Å². The normalized spacial score (nSPS) is 15.6. The van der Waals surface area contributed by atoms with E-state index >= 15 is 0 Å². The van der Waals surface area contributed by atoms with E-state index in [0.717, 1.165) is 26.7 Å². The zero-order valence-corrected chi connectivity index (χ0v) is 22.8. The Morgan fingerprint density at radius 2 is 1.57 bits per heavy atom. The van der Waals surface area contributed by atoms with Crippen molar-refractivity contribution < 1.29 is 19.1 Å². The highest BCUT2D eigenvalue weighted by molar-refractivity contribution is 8.26. The van der Waals surface area contributed by atoms with Crippen LogP contribution in [0.1, 0.15) is 18.4 Å². The van der Waals surface area contributed by atoms with Crippen molar-refractivity contribution in [3.05, 3.63) is 77.2 Å². The second-order valence-electron chi connectivity index (χ2n) is 8.32. The van der Waals surface area contributed by atoms with Crippen molar-refractivity contribution in [2.45, 2.75) is 22.6 Å². The van der Waals surface area contributed by atoms with E-state index in [4.69, 9.17) is 21.7 Å². The Bertz CT molecular complexity index is 1380. The summed E-state index contributed by atoms with van der Waals surface area (Å²) in [4.78, 5) is 32.5. The highest BCUT2D eigenvalue weighted by atomic mass is 32.2. The average molecular weight is 549 g/mol. The lowest BCUT2D eigenvalue weighted by molar-refractivity contribution is -0.123. The van der Waals surface area contributed by atoms with E-state index in [-0.39, 0.29) is 11.8 Å². The Morgan fingerprint density at radius 1 is 0.919 bits per heavy atom. The summed E-state index contributed by atoms with van der Waals surface area (Å²) < 4.78 is 11.1. The zero-order valence-electron chi connectivity index (χ0n) is 20.3. The van der Waals surface area contributed by atoms with Crippen molar-refractivity contribution in [1.29, 1.82) is 0 Å². The predicted molar refractivity (Wildman–Crippen MR) is 153 cm³/mol. The van der Waals surface area contributed by atoms with E-state index in [1.165, 1.54) is 11.8 Å². The van der Waals surface area contributed by atoms with E-state index in [0.29, 0.717) is 40.1 Å². The number of thiocarbonyl (C=S) groups is 1. The fraction of sp³-hybridized carbons (Fsp3) is 0.179. The van der Waals surface area contributed by atoms with Crippen LogP contribution in [-0.4, -0.2) is 41.8 Å².